The van der Waals surface area contributed by atoms with Gasteiger partial charge in [-0.25, -0.2) is 0 Å². The standard InChI is InChI=1S/C25H36F3NO2/c1-16-9-12-24(29)18(13-16)21-19(30)14-17(15-20(21)31-23(24,4)5)22(2,3)10-7-6-8-11-25(26,27)28/h9,14-15,18,30H,6-8,10-13,29H2,1-5H3. The topological polar surface area (TPSA) is 55.5 Å². The number of allylic oxidation sites excluding steroid dienone is 1. The molecule has 1 heterocycles. The Bertz CT molecular complexity index is 857. The normalized spacial score (nSPS) is 25.3. The van der Waals surface area contributed by atoms with Crippen molar-refractivity contribution in [3.05, 3.63) is 34.9 Å². The second-order valence-corrected chi connectivity index (χ2v) is 10.6. The molecule has 2 atom stereocenters. The molecule has 2 aliphatic rings. The number of alkyl halides is 3. The van der Waals surface area contributed by atoms with Crippen LogP contribution >= 0.6 is 0 Å². The predicted molar refractivity (Wildman–Crippen MR) is 118 cm³/mol. The van der Waals surface area contributed by atoms with Gasteiger partial charge in [0.15, 0.2) is 0 Å². The number of halogens is 3. The minimum absolute atomic E-state index is 0.0317. The van der Waals surface area contributed by atoms with E-state index in [1.807, 2.05) is 19.9 Å². The van der Waals surface area contributed by atoms with E-state index in [9.17, 15) is 18.3 Å². The number of hydrogen-bond donors (Lipinski definition) is 2. The first kappa shape index (κ1) is 24.0. The molecule has 1 aromatic rings. The second kappa shape index (κ2) is 8.02. The van der Waals surface area contributed by atoms with Crippen LogP contribution in [0.4, 0.5) is 13.2 Å². The van der Waals surface area contributed by atoms with Gasteiger partial charge in [0.2, 0.25) is 0 Å². The van der Waals surface area contributed by atoms with Crippen molar-refractivity contribution in [3.8, 4) is 11.5 Å². The maximum absolute atomic E-state index is 12.4. The van der Waals surface area contributed by atoms with E-state index in [0.29, 0.717) is 25.0 Å². The molecule has 0 saturated heterocycles. The zero-order valence-electron chi connectivity index (χ0n) is 19.3. The Kier molecular flexibility index (Phi) is 6.20. The lowest BCUT2D eigenvalue weighted by Crippen LogP contribution is -2.66. The quantitative estimate of drug-likeness (QED) is 0.375. The summed E-state index contributed by atoms with van der Waals surface area (Å²) in [5.74, 6) is 0.837. The lowest BCUT2D eigenvalue weighted by Gasteiger charge is -2.54. The lowest BCUT2D eigenvalue weighted by atomic mass is 9.61. The van der Waals surface area contributed by atoms with Crippen LogP contribution in [0, 0.1) is 0 Å². The van der Waals surface area contributed by atoms with Crippen LogP contribution in [0.2, 0.25) is 0 Å². The smallest absolute Gasteiger partial charge is 0.389 e. The molecular formula is C25H36F3NO2. The van der Waals surface area contributed by atoms with Crippen molar-refractivity contribution in [1.82, 2.24) is 0 Å². The fraction of sp³-hybridized carbons (Fsp3) is 0.680. The van der Waals surface area contributed by atoms with Gasteiger partial charge in [0.25, 0.3) is 0 Å². The van der Waals surface area contributed by atoms with Crippen LogP contribution in [0.5, 0.6) is 11.5 Å². The number of unbranched alkanes of at least 4 members (excludes halogenated alkanes) is 2. The first-order chi connectivity index (χ1) is 14.2. The number of ether oxygens (including phenoxy) is 1. The average Bonchev–Trinajstić information content (AvgIpc) is 2.61. The summed E-state index contributed by atoms with van der Waals surface area (Å²) in [4.78, 5) is 0. The number of phenols is 1. The SMILES string of the molecule is CC1=CCC2(N)C(C1)c1c(O)cc(C(C)(C)CCCCCC(F)(F)F)cc1OC2(C)C. The third-order valence-corrected chi connectivity index (χ3v) is 7.43. The van der Waals surface area contributed by atoms with Crippen LogP contribution in [-0.4, -0.2) is 22.4 Å². The monoisotopic (exact) mass is 439 g/mol. The van der Waals surface area contributed by atoms with Crippen molar-refractivity contribution in [1.29, 1.82) is 0 Å². The van der Waals surface area contributed by atoms with Gasteiger partial charge in [0.1, 0.15) is 17.1 Å². The predicted octanol–water partition coefficient (Wildman–Crippen LogP) is 6.87. The lowest BCUT2D eigenvalue weighted by molar-refractivity contribution is -0.135. The van der Waals surface area contributed by atoms with Crippen LogP contribution in [0.25, 0.3) is 0 Å². The van der Waals surface area contributed by atoms with E-state index in [1.54, 1.807) is 6.07 Å². The first-order valence-electron chi connectivity index (χ1n) is 11.2. The Morgan fingerprint density at radius 2 is 1.77 bits per heavy atom. The summed E-state index contributed by atoms with van der Waals surface area (Å²) in [6, 6.07) is 3.80. The molecule has 174 valence electrons. The Morgan fingerprint density at radius 3 is 2.42 bits per heavy atom. The molecular weight excluding hydrogens is 403 g/mol. The van der Waals surface area contributed by atoms with E-state index in [4.69, 9.17) is 10.5 Å². The zero-order valence-corrected chi connectivity index (χ0v) is 19.3. The van der Waals surface area contributed by atoms with Crippen molar-refractivity contribution >= 4 is 0 Å². The van der Waals surface area contributed by atoms with Gasteiger partial charge in [-0.2, -0.15) is 13.2 Å². The van der Waals surface area contributed by atoms with Crippen molar-refractivity contribution in [2.24, 2.45) is 5.73 Å². The summed E-state index contributed by atoms with van der Waals surface area (Å²) < 4.78 is 43.5. The summed E-state index contributed by atoms with van der Waals surface area (Å²) in [5.41, 5.74) is 8.35. The van der Waals surface area contributed by atoms with E-state index < -0.39 is 23.7 Å². The van der Waals surface area contributed by atoms with Gasteiger partial charge in [0.05, 0.1) is 5.54 Å². The molecule has 0 fully saturated rings. The number of rotatable bonds is 6. The van der Waals surface area contributed by atoms with Crippen molar-refractivity contribution in [2.75, 3.05) is 0 Å². The molecule has 0 radical (unpaired) electrons. The Hall–Kier alpha value is -1.69. The molecule has 6 heteroatoms. The molecule has 0 aromatic heterocycles. The maximum Gasteiger partial charge on any atom is 0.389 e. The average molecular weight is 440 g/mol. The van der Waals surface area contributed by atoms with E-state index in [2.05, 4.69) is 26.8 Å². The summed E-state index contributed by atoms with van der Waals surface area (Å²) in [6.07, 6.45) is 0.948. The fourth-order valence-electron chi connectivity index (χ4n) is 5.12. The van der Waals surface area contributed by atoms with E-state index in [-0.39, 0.29) is 23.5 Å². The minimum Gasteiger partial charge on any atom is -0.508 e. The molecule has 0 bridgehead atoms. The summed E-state index contributed by atoms with van der Waals surface area (Å²) in [5, 5.41) is 11.0. The van der Waals surface area contributed by atoms with Crippen LogP contribution in [0.3, 0.4) is 0 Å². The van der Waals surface area contributed by atoms with Crippen molar-refractivity contribution < 1.29 is 23.0 Å². The Labute approximate surface area is 183 Å². The highest BCUT2D eigenvalue weighted by Crippen LogP contribution is 2.56. The number of nitrogens with two attached hydrogens (primary N) is 1. The highest BCUT2D eigenvalue weighted by molar-refractivity contribution is 5.56. The van der Waals surface area contributed by atoms with E-state index in [0.717, 1.165) is 24.0 Å². The molecule has 0 saturated carbocycles. The van der Waals surface area contributed by atoms with Gasteiger partial charge < -0.3 is 15.6 Å². The number of phenolic OH excluding ortho intramolecular Hbond substituents is 1. The Balaban J connectivity index is 1.83. The molecule has 1 aromatic carbocycles. The van der Waals surface area contributed by atoms with Gasteiger partial charge in [0, 0.05) is 17.9 Å². The molecule has 2 unspecified atom stereocenters. The van der Waals surface area contributed by atoms with Crippen molar-refractivity contribution in [3.63, 3.8) is 0 Å². The van der Waals surface area contributed by atoms with Gasteiger partial charge in [-0.3, -0.25) is 0 Å². The van der Waals surface area contributed by atoms with E-state index >= 15 is 0 Å². The van der Waals surface area contributed by atoms with Gasteiger partial charge >= 0.3 is 6.18 Å². The number of fused-ring (bicyclic) bond motifs is 3. The summed E-state index contributed by atoms with van der Waals surface area (Å²) in [7, 11) is 0. The summed E-state index contributed by atoms with van der Waals surface area (Å²) in [6.45, 7) is 10.2. The number of aromatic hydroxyl groups is 1. The van der Waals surface area contributed by atoms with Crippen LogP contribution in [0.15, 0.2) is 23.8 Å². The summed E-state index contributed by atoms with van der Waals surface area (Å²) >= 11 is 0. The van der Waals surface area contributed by atoms with Crippen LogP contribution < -0.4 is 10.5 Å². The number of hydrogen-bond acceptors (Lipinski definition) is 3. The molecule has 3 rings (SSSR count). The van der Waals surface area contributed by atoms with E-state index in [1.165, 1.54) is 5.57 Å². The molecule has 1 aliphatic carbocycles. The Morgan fingerprint density at radius 1 is 1.13 bits per heavy atom. The highest BCUT2D eigenvalue weighted by Gasteiger charge is 2.55. The first-order valence-corrected chi connectivity index (χ1v) is 11.2. The molecule has 3 nitrogen and oxygen atoms in total. The fourth-order valence-corrected chi connectivity index (χ4v) is 5.12. The molecule has 0 spiro atoms. The van der Waals surface area contributed by atoms with Gasteiger partial charge in [-0.15, -0.1) is 0 Å². The third kappa shape index (κ3) is 4.74. The largest absolute Gasteiger partial charge is 0.508 e. The number of benzene rings is 1. The second-order valence-electron chi connectivity index (χ2n) is 10.6. The van der Waals surface area contributed by atoms with Crippen molar-refractivity contribution in [2.45, 2.75) is 108 Å². The molecule has 3 N–H and O–H groups in total. The molecule has 0 amide bonds. The van der Waals surface area contributed by atoms with Crippen LogP contribution in [0.1, 0.15) is 96.6 Å². The van der Waals surface area contributed by atoms with Gasteiger partial charge in [-0.05, 0) is 69.6 Å². The van der Waals surface area contributed by atoms with Crippen LogP contribution in [-0.2, 0) is 5.41 Å². The zero-order chi connectivity index (χ0) is 23.2. The van der Waals surface area contributed by atoms with Gasteiger partial charge in [-0.1, -0.05) is 38.3 Å². The maximum atomic E-state index is 12.4. The third-order valence-electron chi connectivity index (χ3n) is 7.43. The molecule has 31 heavy (non-hydrogen) atoms. The highest BCUT2D eigenvalue weighted by atomic mass is 19.4. The minimum atomic E-state index is -4.09. The molecule has 1 aliphatic heterocycles.